The Morgan fingerprint density at radius 3 is 2.40 bits per heavy atom. The molecule has 0 N–H and O–H groups in total. The van der Waals surface area contributed by atoms with Gasteiger partial charge in [0.1, 0.15) is 11.5 Å². The number of imidazole rings is 1. The molecule has 4 rings (SSSR count). The summed E-state index contributed by atoms with van der Waals surface area (Å²) in [6.45, 7) is 0.713. The van der Waals surface area contributed by atoms with E-state index in [9.17, 15) is 17.6 Å². The van der Waals surface area contributed by atoms with E-state index in [2.05, 4.69) is 4.98 Å². The number of piperazine rings is 1. The number of carbonyl (C=O) groups excluding carboxylic acids is 1. The smallest absolute Gasteiger partial charge is 0.272 e. The summed E-state index contributed by atoms with van der Waals surface area (Å²) >= 11 is 5.73. The van der Waals surface area contributed by atoms with Crippen LogP contribution in [0.3, 0.4) is 0 Å². The molecule has 30 heavy (non-hydrogen) atoms. The summed E-state index contributed by atoms with van der Waals surface area (Å²) in [4.78, 5) is 18.6. The van der Waals surface area contributed by atoms with E-state index >= 15 is 0 Å². The van der Waals surface area contributed by atoms with Crippen molar-refractivity contribution in [2.75, 3.05) is 26.2 Å². The predicted molar refractivity (Wildman–Crippen MR) is 110 cm³/mol. The number of benzene rings is 2. The molecule has 3 aromatic rings. The van der Waals surface area contributed by atoms with E-state index in [-0.39, 0.29) is 42.0 Å². The Bertz CT molecular complexity index is 1180. The third kappa shape index (κ3) is 3.83. The SMILES string of the molecule is O=C(c1cncn1-c1ccccc1)N1CCN(S(=O)(=O)c2ccc(F)c(Cl)c2)CC1. The van der Waals surface area contributed by atoms with E-state index in [0.29, 0.717) is 5.69 Å². The Morgan fingerprint density at radius 1 is 1.03 bits per heavy atom. The van der Waals surface area contributed by atoms with E-state index in [1.165, 1.54) is 16.6 Å². The van der Waals surface area contributed by atoms with Crippen LogP contribution in [0.2, 0.25) is 5.02 Å². The Balaban J connectivity index is 1.48. The highest BCUT2D eigenvalue weighted by atomic mass is 35.5. The summed E-state index contributed by atoms with van der Waals surface area (Å²) in [7, 11) is -3.83. The first-order valence-corrected chi connectivity index (χ1v) is 11.0. The third-order valence-corrected chi connectivity index (χ3v) is 7.13. The van der Waals surface area contributed by atoms with Crippen LogP contribution in [0.1, 0.15) is 10.5 Å². The molecule has 1 aliphatic heterocycles. The number of nitrogens with zero attached hydrogens (tertiary/aromatic N) is 4. The Labute approximate surface area is 178 Å². The molecule has 1 aromatic heterocycles. The van der Waals surface area contributed by atoms with Gasteiger partial charge in [0, 0.05) is 31.9 Å². The van der Waals surface area contributed by atoms with E-state index in [4.69, 9.17) is 11.6 Å². The number of carbonyl (C=O) groups is 1. The Hall–Kier alpha value is -2.75. The summed E-state index contributed by atoms with van der Waals surface area (Å²) < 4.78 is 42.0. The maximum absolute atomic E-state index is 13.4. The lowest BCUT2D eigenvalue weighted by Gasteiger charge is -2.34. The molecule has 1 aliphatic rings. The highest BCUT2D eigenvalue weighted by Crippen LogP contribution is 2.23. The van der Waals surface area contributed by atoms with Crippen molar-refractivity contribution >= 4 is 27.5 Å². The van der Waals surface area contributed by atoms with Gasteiger partial charge in [0.2, 0.25) is 10.0 Å². The van der Waals surface area contributed by atoms with Crippen molar-refractivity contribution in [3.8, 4) is 5.69 Å². The molecular weight excluding hydrogens is 431 g/mol. The number of sulfonamides is 1. The second-order valence-corrected chi connectivity index (χ2v) is 9.10. The average molecular weight is 449 g/mol. The van der Waals surface area contributed by atoms with Gasteiger partial charge in [-0.15, -0.1) is 0 Å². The van der Waals surface area contributed by atoms with Gasteiger partial charge in [-0.2, -0.15) is 4.31 Å². The van der Waals surface area contributed by atoms with Crippen molar-refractivity contribution < 1.29 is 17.6 Å². The van der Waals surface area contributed by atoms with Crippen LogP contribution >= 0.6 is 11.6 Å². The van der Waals surface area contributed by atoms with Gasteiger partial charge >= 0.3 is 0 Å². The molecule has 0 radical (unpaired) electrons. The van der Waals surface area contributed by atoms with Crippen molar-refractivity contribution in [1.29, 1.82) is 0 Å². The zero-order chi connectivity index (χ0) is 21.3. The topological polar surface area (TPSA) is 75.5 Å². The molecular formula is C20H18ClFN4O3S. The standard InChI is InChI=1S/C20H18ClFN4O3S/c21-17-12-16(6-7-18(17)22)30(28,29)25-10-8-24(9-11-25)20(27)19-13-23-14-26(19)15-4-2-1-3-5-15/h1-7,12-14H,8-11H2. The van der Waals surface area contributed by atoms with Crippen LogP contribution in [0.5, 0.6) is 0 Å². The minimum absolute atomic E-state index is 0.0733. The molecule has 0 aliphatic carbocycles. The maximum atomic E-state index is 13.4. The van der Waals surface area contributed by atoms with Crippen molar-refractivity contribution in [1.82, 2.24) is 18.8 Å². The molecule has 1 fully saturated rings. The molecule has 0 atom stereocenters. The van der Waals surface area contributed by atoms with Crippen molar-refractivity contribution in [3.05, 3.63) is 77.6 Å². The quantitative estimate of drug-likeness (QED) is 0.615. The van der Waals surface area contributed by atoms with E-state index in [1.807, 2.05) is 30.3 Å². The van der Waals surface area contributed by atoms with Gasteiger partial charge in [-0.1, -0.05) is 29.8 Å². The molecule has 0 saturated carbocycles. The van der Waals surface area contributed by atoms with Gasteiger partial charge < -0.3 is 4.90 Å². The molecule has 7 nitrogen and oxygen atoms in total. The van der Waals surface area contributed by atoms with E-state index in [1.54, 1.807) is 15.8 Å². The second-order valence-electron chi connectivity index (χ2n) is 6.76. The molecule has 0 spiro atoms. The molecule has 156 valence electrons. The van der Waals surface area contributed by atoms with Gasteiger partial charge in [0.15, 0.2) is 0 Å². The minimum atomic E-state index is -3.83. The molecule has 10 heteroatoms. The fraction of sp³-hybridized carbons (Fsp3) is 0.200. The van der Waals surface area contributed by atoms with E-state index in [0.717, 1.165) is 17.8 Å². The number of hydrogen-bond acceptors (Lipinski definition) is 4. The van der Waals surface area contributed by atoms with Crippen LogP contribution in [0.15, 0.2) is 66.0 Å². The molecule has 2 heterocycles. The lowest BCUT2D eigenvalue weighted by Crippen LogP contribution is -2.50. The monoisotopic (exact) mass is 448 g/mol. The summed E-state index contributed by atoms with van der Waals surface area (Å²) in [5, 5.41) is -0.251. The summed E-state index contributed by atoms with van der Waals surface area (Å²) in [5.74, 6) is -0.903. The van der Waals surface area contributed by atoms with Gasteiger partial charge in [-0.05, 0) is 30.3 Å². The van der Waals surface area contributed by atoms with Crippen LogP contribution in [0.25, 0.3) is 5.69 Å². The average Bonchev–Trinajstić information content (AvgIpc) is 3.25. The first-order chi connectivity index (χ1) is 14.4. The van der Waals surface area contributed by atoms with E-state index < -0.39 is 15.8 Å². The van der Waals surface area contributed by atoms with Crippen LogP contribution < -0.4 is 0 Å². The Morgan fingerprint density at radius 2 is 1.73 bits per heavy atom. The number of hydrogen-bond donors (Lipinski definition) is 0. The summed E-state index contributed by atoms with van der Waals surface area (Å²) in [6.07, 6.45) is 3.07. The molecule has 1 saturated heterocycles. The fourth-order valence-corrected chi connectivity index (χ4v) is 5.02. The van der Waals surface area contributed by atoms with Crippen LogP contribution in [-0.4, -0.2) is 59.3 Å². The predicted octanol–water partition coefficient (Wildman–Crippen LogP) is 2.81. The number of aromatic nitrogens is 2. The Kier molecular flexibility index (Phi) is 5.59. The highest BCUT2D eigenvalue weighted by molar-refractivity contribution is 7.89. The molecule has 2 aromatic carbocycles. The van der Waals surface area contributed by atoms with Crippen molar-refractivity contribution in [2.45, 2.75) is 4.90 Å². The number of rotatable bonds is 4. The normalized spacial score (nSPS) is 15.3. The van der Waals surface area contributed by atoms with Gasteiger partial charge in [0.25, 0.3) is 5.91 Å². The first kappa shape index (κ1) is 20.5. The van der Waals surface area contributed by atoms with Crippen molar-refractivity contribution in [2.24, 2.45) is 0 Å². The second kappa shape index (κ2) is 8.17. The van der Waals surface area contributed by atoms with Gasteiger partial charge in [-0.25, -0.2) is 17.8 Å². The van der Waals surface area contributed by atoms with Gasteiger partial charge in [-0.3, -0.25) is 9.36 Å². The summed E-state index contributed by atoms with van der Waals surface area (Å²) in [6, 6.07) is 12.7. The third-order valence-electron chi connectivity index (χ3n) is 4.95. The highest BCUT2D eigenvalue weighted by Gasteiger charge is 2.31. The minimum Gasteiger partial charge on any atom is -0.335 e. The van der Waals surface area contributed by atoms with Gasteiger partial charge in [0.05, 0.1) is 22.4 Å². The zero-order valence-corrected chi connectivity index (χ0v) is 17.4. The molecule has 0 bridgehead atoms. The largest absolute Gasteiger partial charge is 0.335 e. The lowest BCUT2D eigenvalue weighted by molar-refractivity contribution is 0.0690. The van der Waals surface area contributed by atoms with Crippen LogP contribution in [0.4, 0.5) is 4.39 Å². The summed E-state index contributed by atoms with van der Waals surface area (Å²) in [5.41, 5.74) is 1.22. The number of para-hydroxylation sites is 1. The zero-order valence-electron chi connectivity index (χ0n) is 15.8. The van der Waals surface area contributed by atoms with Crippen LogP contribution in [-0.2, 0) is 10.0 Å². The first-order valence-electron chi connectivity index (χ1n) is 9.20. The van der Waals surface area contributed by atoms with Crippen molar-refractivity contribution in [3.63, 3.8) is 0 Å². The lowest BCUT2D eigenvalue weighted by atomic mass is 10.3. The number of amides is 1. The molecule has 1 amide bonds. The van der Waals surface area contributed by atoms with Crippen LogP contribution in [0, 0.1) is 5.82 Å². The fourth-order valence-electron chi connectivity index (χ4n) is 3.33. The number of halogens is 2. The molecule has 0 unspecified atom stereocenters. The maximum Gasteiger partial charge on any atom is 0.272 e.